The number of benzene rings is 1. The van der Waals surface area contributed by atoms with Crippen LogP contribution in [0, 0.1) is 17.8 Å². The predicted octanol–water partition coefficient (Wildman–Crippen LogP) is 7.09. The average molecular weight is 399 g/mol. The Hall–Kier alpha value is -1.23. The maximum Gasteiger partial charge on any atom is 0.573 e. The van der Waals surface area contributed by atoms with E-state index in [0.717, 1.165) is 42.8 Å². The molecule has 2 fully saturated rings. The van der Waals surface area contributed by atoms with Crippen LogP contribution in [0.2, 0.25) is 0 Å². The van der Waals surface area contributed by atoms with E-state index in [1.807, 2.05) is 0 Å². The van der Waals surface area contributed by atoms with E-state index in [2.05, 4.69) is 4.74 Å². The molecular weight excluding hydrogens is 365 g/mol. The Morgan fingerprint density at radius 3 is 1.96 bits per heavy atom. The number of halogens is 3. The maximum atomic E-state index is 12.3. The van der Waals surface area contributed by atoms with Crippen molar-refractivity contribution in [3.8, 4) is 5.75 Å². The summed E-state index contributed by atoms with van der Waals surface area (Å²) >= 11 is 0. The number of hydrogen-bond acceptors (Lipinski definition) is 2. The van der Waals surface area contributed by atoms with Crippen molar-refractivity contribution in [3.63, 3.8) is 0 Å². The minimum absolute atomic E-state index is 0.132. The summed E-state index contributed by atoms with van der Waals surface area (Å²) in [7, 11) is 1.78. The number of alkyl halides is 3. The zero-order valence-electron chi connectivity index (χ0n) is 16.8. The summed E-state index contributed by atoms with van der Waals surface area (Å²) in [6.07, 6.45) is 8.16. The van der Waals surface area contributed by atoms with Crippen LogP contribution in [0.3, 0.4) is 0 Å². The highest BCUT2D eigenvalue weighted by Gasteiger charge is 2.32. The van der Waals surface area contributed by atoms with Crippen molar-refractivity contribution in [2.24, 2.45) is 17.8 Å². The normalized spacial score (nSPS) is 28.9. The SMILES string of the molecule is COCCCC1CCC(C2CCC(c3ccc(OC(F)(F)F)cc3)CC2)CC1. The van der Waals surface area contributed by atoms with Crippen molar-refractivity contribution < 1.29 is 22.6 Å². The maximum absolute atomic E-state index is 12.3. The largest absolute Gasteiger partial charge is 0.573 e. The first-order valence-corrected chi connectivity index (χ1v) is 10.8. The molecule has 2 aliphatic carbocycles. The summed E-state index contributed by atoms with van der Waals surface area (Å²) in [5.41, 5.74) is 1.15. The second kappa shape index (κ2) is 10.00. The highest BCUT2D eigenvalue weighted by atomic mass is 19.4. The topological polar surface area (TPSA) is 18.5 Å². The molecule has 0 heterocycles. The summed E-state index contributed by atoms with van der Waals surface area (Å²) < 4.78 is 46.0. The first-order chi connectivity index (χ1) is 13.4. The van der Waals surface area contributed by atoms with Gasteiger partial charge in [0.15, 0.2) is 0 Å². The zero-order valence-corrected chi connectivity index (χ0v) is 16.8. The Kier molecular flexibility index (Phi) is 7.67. The third kappa shape index (κ3) is 6.40. The lowest BCUT2D eigenvalue weighted by molar-refractivity contribution is -0.274. The molecule has 158 valence electrons. The van der Waals surface area contributed by atoms with Crippen LogP contribution in [-0.4, -0.2) is 20.1 Å². The van der Waals surface area contributed by atoms with Gasteiger partial charge in [0.1, 0.15) is 5.75 Å². The molecule has 0 saturated heterocycles. The Morgan fingerprint density at radius 2 is 1.43 bits per heavy atom. The molecule has 0 amide bonds. The Labute approximate surface area is 166 Å². The fraction of sp³-hybridized carbons (Fsp3) is 0.739. The molecule has 1 aromatic rings. The lowest BCUT2D eigenvalue weighted by Gasteiger charge is -2.38. The van der Waals surface area contributed by atoms with Crippen molar-refractivity contribution in [2.45, 2.75) is 76.5 Å². The molecule has 0 aromatic heterocycles. The molecule has 3 rings (SSSR count). The van der Waals surface area contributed by atoms with Gasteiger partial charge >= 0.3 is 6.36 Å². The van der Waals surface area contributed by atoms with E-state index in [9.17, 15) is 13.2 Å². The molecule has 5 heteroatoms. The van der Waals surface area contributed by atoms with Crippen LogP contribution < -0.4 is 4.74 Å². The van der Waals surface area contributed by atoms with Crippen molar-refractivity contribution in [1.82, 2.24) is 0 Å². The molecule has 0 radical (unpaired) electrons. The van der Waals surface area contributed by atoms with Crippen molar-refractivity contribution in [1.29, 1.82) is 0 Å². The Balaban J connectivity index is 1.41. The van der Waals surface area contributed by atoms with Crippen LogP contribution >= 0.6 is 0 Å². The lowest BCUT2D eigenvalue weighted by atomic mass is 9.68. The summed E-state index contributed by atoms with van der Waals surface area (Å²) in [6, 6.07) is 6.49. The van der Waals surface area contributed by atoms with Gasteiger partial charge in [0.25, 0.3) is 0 Å². The highest BCUT2D eigenvalue weighted by molar-refractivity contribution is 5.29. The van der Waals surface area contributed by atoms with Gasteiger partial charge in [-0.3, -0.25) is 0 Å². The monoisotopic (exact) mass is 398 g/mol. The number of methoxy groups -OCH3 is 1. The van der Waals surface area contributed by atoms with Gasteiger partial charge in [-0.25, -0.2) is 0 Å². The van der Waals surface area contributed by atoms with Crippen LogP contribution in [0.5, 0.6) is 5.75 Å². The molecule has 1 aromatic carbocycles. The molecule has 0 aliphatic heterocycles. The van der Waals surface area contributed by atoms with Crippen molar-refractivity contribution >= 4 is 0 Å². The third-order valence-corrected chi connectivity index (χ3v) is 6.88. The molecule has 2 nitrogen and oxygen atoms in total. The van der Waals surface area contributed by atoms with Crippen LogP contribution in [0.4, 0.5) is 13.2 Å². The van der Waals surface area contributed by atoms with E-state index in [1.165, 1.54) is 63.5 Å². The minimum atomic E-state index is -4.62. The first kappa shape index (κ1) is 21.5. The van der Waals surface area contributed by atoms with Gasteiger partial charge in [-0.1, -0.05) is 25.0 Å². The Bertz CT molecular complexity index is 569. The Morgan fingerprint density at radius 1 is 0.857 bits per heavy atom. The summed E-state index contributed by atoms with van der Waals surface area (Å²) in [4.78, 5) is 0. The summed E-state index contributed by atoms with van der Waals surface area (Å²) in [6.45, 7) is 0.882. The van der Waals surface area contributed by atoms with Gasteiger partial charge in [-0.05, 0) is 92.7 Å². The summed E-state index contributed by atoms with van der Waals surface area (Å²) in [5.74, 6) is 2.94. The lowest BCUT2D eigenvalue weighted by Crippen LogP contribution is -2.25. The van der Waals surface area contributed by atoms with Gasteiger partial charge < -0.3 is 9.47 Å². The molecule has 28 heavy (non-hydrogen) atoms. The van der Waals surface area contributed by atoms with Crippen LogP contribution in [0.15, 0.2) is 24.3 Å². The van der Waals surface area contributed by atoms with E-state index in [4.69, 9.17) is 4.74 Å². The molecule has 0 atom stereocenters. The highest BCUT2D eigenvalue weighted by Crippen LogP contribution is 2.44. The van der Waals surface area contributed by atoms with Crippen molar-refractivity contribution in [3.05, 3.63) is 29.8 Å². The van der Waals surface area contributed by atoms with E-state index < -0.39 is 6.36 Å². The van der Waals surface area contributed by atoms with Gasteiger partial charge in [-0.2, -0.15) is 0 Å². The molecule has 2 aliphatic rings. The molecule has 0 bridgehead atoms. The van der Waals surface area contributed by atoms with Gasteiger partial charge in [0, 0.05) is 13.7 Å². The van der Waals surface area contributed by atoms with Crippen LogP contribution in [0.1, 0.15) is 75.7 Å². The number of rotatable bonds is 7. The smallest absolute Gasteiger partial charge is 0.406 e. The average Bonchev–Trinajstić information content (AvgIpc) is 2.68. The third-order valence-electron chi connectivity index (χ3n) is 6.88. The second-order valence-corrected chi connectivity index (χ2v) is 8.64. The minimum Gasteiger partial charge on any atom is -0.406 e. The molecule has 2 saturated carbocycles. The van der Waals surface area contributed by atoms with E-state index >= 15 is 0 Å². The zero-order chi connectivity index (χ0) is 20.0. The van der Waals surface area contributed by atoms with Crippen LogP contribution in [-0.2, 0) is 4.74 Å². The molecule has 0 spiro atoms. The quantitative estimate of drug-likeness (QED) is 0.456. The van der Waals surface area contributed by atoms with Gasteiger partial charge in [0.05, 0.1) is 0 Å². The van der Waals surface area contributed by atoms with Gasteiger partial charge in [0.2, 0.25) is 0 Å². The molecule has 0 unspecified atom stereocenters. The second-order valence-electron chi connectivity index (χ2n) is 8.64. The van der Waals surface area contributed by atoms with E-state index in [0.29, 0.717) is 5.92 Å². The number of hydrogen-bond donors (Lipinski definition) is 0. The standard InChI is InChI=1S/C23H33F3O2/c1-27-16-2-3-17-4-6-18(7-5-17)19-8-10-20(11-9-19)21-12-14-22(15-13-21)28-23(24,25)26/h12-15,17-20H,2-11,16H2,1H3. The van der Waals surface area contributed by atoms with Gasteiger partial charge in [-0.15, -0.1) is 13.2 Å². The number of ether oxygens (including phenoxy) is 2. The van der Waals surface area contributed by atoms with Crippen molar-refractivity contribution in [2.75, 3.05) is 13.7 Å². The molecular formula is C23H33F3O2. The first-order valence-electron chi connectivity index (χ1n) is 10.8. The van der Waals surface area contributed by atoms with E-state index in [1.54, 1.807) is 19.2 Å². The van der Waals surface area contributed by atoms with Crippen LogP contribution in [0.25, 0.3) is 0 Å². The van der Waals surface area contributed by atoms with E-state index in [-0.39, 0.29) is 5.75 Å². The fourth-order valence-corrected chi connectivity index (χ4v) is 5.33. The summed E-state index contributed by atoms with van der Waals surface area (Å²) in [5, 5.41) is 0. The molecule has 0 N–H and O–H groups in total. The fourth-order valence-electron chi connectivity index (χ4n) is 5.33. The predicted molar refractivity (Wildman–Crippen MR) is 104 cm³/mol.